The van der Waals surface area contributed by atoms with Crippen molar-refractivity contribution in [2.45, 2.75) is 0 Å². The summed E-state index contributed by atoms with van der Waals surface area (Å²) in [6, 6.07) is 51.3. The van der Waals surface area contributed by atoms with E-state index in [0.29, 0.717) is 0 Å². The van der Waals surface area contributed by atoms with Crippen LogP contribution in [-0.2, 0) is 0 Å². The van der Waals surface area contributed by atoms with Crippen molar-refractivity contribution in [1.82, 2.24) is 9.97 Å². The first-order valence-electron chi connectivity index (χ1n) is 13.8. The predicted octanol–water partition coefficient (Wildman–Crippen LogP) is 10.7. The van der Waals surface area contributed by atoms with Gasteiger partial charge in [-0.05, 0) is 40.5 Å². The molecule has 8 rings (SSSR count). The Kier molecular flexibility index (Phi) is 5.68. The number of fused-ring (bicyclic) bond motifs is 5. The molecular weight excluding hydrogens is 516 g/mol. The van der Waals surface area contributed by atoms with Crippen LogP contribution in [0.5, 0.6) is 0 Å². The summed E-state index contributed by atoms with van der Waals surface area (Å²) in [5.41, 5.74) is 8.86. The van der Waals surface area contributed by atoms with Crippen LogP contribution in [0.3, 0.4) is 0 Å². The van der Waals surface area contributed by atoms with Gasteiger partial charge >= 0.3 is 0 Å². The lowest BCUT2D eigenvalue weighted by Gasteiger charge is -2.11. The second-order valence-electron chi connectivity index (χ2n) is 10.2. The zero-order valence-electron chi connectivity index (χ0n) is 22.2. The molecule has 41 heavy (non-hydrogen) atoms. The number of thiophene rings is 1. The number of aromatic nitrogens is 2. The minimum absolute atomic E-state index is 0.742. The largest absolute Gasteiger partial charge is 0.227 e. The van der Waals surface area contributed by atoms with Crippen LogP contribution in [0.4, 0.5) is 0 Å². The molecule has 0 amide bonds. The molecule has 0 aliphatic heterocycles. The second-order valence-corrected chi connectivity index (χ2v) is 11.3. The molecule has 3 heteroatoms. The molecule has 0 aliphatic rings. The lowest BCUT2D eigenvalue weighted by molar-refractivity contribution is 1.23. The van der Waals surface area contributed by atoms with E-state index in [0.717, 1.165) is 33.5 Å². The molecule has 192 valence electrons. The van der Waals surface area contributed by atoms with Crippen LogP contribution in [0, 0.1) is 0 Å². The maximum absolute atomic E-state index is 5.21. The Morgan fingerprint density at radius 2 is 0.976 bits per heavy atom. The fourth-order valence-electron chi connectivity index (χ4n) is 5.64. The van der Waals surface area contributed by atoms with E-state index in [9.17, 15) is 0 Å². The number of hydrogen-bond donors (Lipinski definition) is 0. The van der Waals surface area contributed by atoms with E-state index in [4.69, 9.17) is 9.97 Å². The summed E-state index contributed by atoms with van der Waals surface area (Å²) < 4.78 is 2.48. The average Bonchev–Trinajstić information content (AvgIpc) is 3.45. The van der Waals surface area contributed by atoms with Gasteiger partial charge in [-0.15, -0.1) is 11.3 Å². The highest BCUT2D eigenvalue weighted by Gasteiger charge is 2.16. The van der Waals surface area contributed by atoms with Crippen LogP contribution < -0.4 is 0 Å². The SMILES string of the molecule is c1ccc(-c2cccc(-c3ccc(-c4nc(-c5ccccc5)c5ccc6c7ccccc7sc6c5n4)cc3)c2)cc1. The quantitative estimate of drug-likeness (QED) is 0.222. The minimum Gasteiger partial charge on any atom is -0.227 e. The third kappa shape index (κ3) is 4.19. The maximum Gasteiger partial charge on any atom is 0.160 e. The molecule has 0 bridgehead atoms. The van der Waals surface area contributed by atoms with Gasteiger partial charge in [0.25, 0.3) is 0 Å². The van der Waals surface area contributed by atoms with Crippen LogP contribution >= 0.6 is 11.3 Å². The highest BCUT2D eigenvalue weighted by Crippen LogP contribution is 2.40. The predicted molar refractivity (Wildman–Crippen MR) is 174 cm³/mol. The maximum atomic E-state index is 5.21. The van der Waals surface area contributed by atoms with Crippen molar-refractivity contribution in [2.75, 3.05) is 0 Å². The molecule has 0 saturated carbocycles. The van der Waals surface area contributed by atoms with Crippen LogP contribution in [0.1, 0.15) is 0 Å². The Labute approximate surface area is 242 Å². The van der Waals surface area contributed by atoms with Gasteiger partial charge in [-0.3, -0.25) is 0 Å². The molecule has 0 spiro atoms. The Hall–Kier alpha value is -5.12. The van der Waals surface area contributed by atoms with Crippen molar-refractivity contribution in [1.29, 1.82) is 0 Å². The van der Waals surface area contributed by atoms with E-state index >= 15 is 0 Å². The van der Waals surface area contributed by atoms with Crippen LogP contribution in [0.2, 0.25) is 0 Å². The van der Waals surface area contributed by atoms with Crippen LogP contribution in [0.25, 0.3) is 76.0 Å². The summed E-state index contributed by atoms with van der Waals surface area (Å²) in [4.78, 5) is 10.4. The molecule has 6 aromatic carbocycles. The van der Waals surface area contributed by atoms with Crippen molar-refractivity contribution >= 4 is 42.4 Å². The van der Waals surface area contributed by atoms with E-state index in [-0.39, 0.29) is 0 Å². The number of hydrogen-bond acceptors (Lipinski definition) is 3. The Bertz CT molecular complexity index is 2180. The third-order valence-electron chi connectivity index (χ3n) is 7.70. The molecule has 0 unspecified atom stereocenters. The minimum atomic E-state index is 0.742. The topological polar surface area (TPSA) is 25.8 Å². The van der Waals surface area contributed by atoms with E-state index in [2.05, 4.69) is 140 Å². The summed E-state index contributed by atoms with van der Waals surface area (Å²) in [7, 11) is 0. The first kappa shape index (κ1) is 23.7. The summed E-state index contributed by atoms with van der Waals surface area (Å²) in [5.74, 6) is 0.742. The van der Waals surface area contributed by atoms with Crippen molar-refractivity contribution < 1.29 is 0 Å². The number of nitrogens with zero attached hydrogens (tertiary/aromatic N) is 2. The molecule has 8 aromatic rings. The molecule has 2 heterocycles. The fraction of sp³-hybridized carbons (Fsp3) is 0. The third-order valence-corrected chi connectivity index (χ3v) is 8.90. The number of rotatable bonds is 4. The Morgan fingerprint density at radius 1 is 0.390 bits per heavy atom. The van der Waals surface area contributed by atoms with Crippen LogP contribution in [-0.4, -0.2) is 9.97 Å². The van der Waals surface area contributed by atoms with Crippen molar-refractivity contribution in [3.05, 3.63) is 146 Å². The second kappa shape index (κ2) is 9.81. The van der Waals surface area contributed by atoms with E-state index in [1.165, 1.54) is 42.4 Å². The van der Waals surface area contributed by atoms with Gasteiger partial charge in [0.2, 0.25) is 0 Å². The molecule has 0 aliphatic carbocycles. The highest BCUT2D eigenvalue weighted by molar-refractivity contribution is 7.26. The molecule has 0 radical (unpaired) electrons. The highest BCUT2D eigenvalue weighted by atomic mass is 32.1. The smallest absolute Gasteiger partial charge is 0.160 e. The summed E-state index contributed by atoms with van der Waals surface area (Å²) in [5, 5.41) is 3.60. The van der Waals surface area contributed by atoms with E-state index in [1.54, 1.807) is 0 Å². The standard InChI is InChI=1S/C38H24N2S/c1-3-10-25(11-4-1)29-14-9-15-30(24-29)26-18-20-28(21-19-26)38-39-35(27-12-5-2-6-13-27)33-23-22-32-31-16-7-8-17-34(31)41-37(32)36(33)40-38/h1-24H. The normalized spacial score (nSPS) is 11.4. The summed E-state index contributed by atoms with van der Waals surface area (Å²) in [6.07, 6.45) is 0. The van der Waals surface area contributed by atoms with Gasteiger partial charge in [-0.2, -0.15) is 0 Å². The summed E-state index contributed by atoms with van der Waals surface area (Å²) in [6.45, 7) is 0. The van der Waals surface area contributed by atoms with Crippen molar-refractivity contribution in [3.8, 4) is 44.9 Å². The van der Waals surface area contributed by atoms with Gasteiger partial charge in [0.05, 0.1) is 15.9 Å². The van der Waals surface area contributed by atoms with Crippen molar-refractivity contribution in [2.24, 2.45) is 0 Å². The van der Waals surface area contributed by atoms with E-state index in [1.807, 2.05) is 17.4 Å². The van der Waals surface area contributed by atoms with Gasteiger partial charge < -0.3 is 0 Å². The zero-order chi connectivity index (χ0) is 27.2. The molecule has 0 atom stereocenters. The zero-order valence-corrected chi connectivity index (χ0v) is 23.0. The number of benzene rings is 6. The average molecular weight is 541 g/mol. The fourth-order valence-corrected chi connectivity index (χ4v) is 6.83. The first-order chi connectivity index (χ1) is 20.3. The lowest BCUT2D eigenvalue weighted by atomic mass is 9.98. The van der Waals surface area contributed by atoms with Gasteiger partial charge in [0, 0.05) is 32.0 Å². The van der Waals surface area contributed by atoms with Crippen LogP contribution in [0.15, 0.2) is 146 Å². The van der Waals surface area contributed by atoms with Gasteiger partial charge in [0.15, 0.2) is 5.82 Å². The molecule has 0 saturated heterocycles. The monoisotopic (exact) mass is 540 g/mol. The summed E-state index contributed by atoms with van der Waals surface area (Å²) >= 11 is 1.81. The van der Waals surface area contributed by atoms with Gasteiger partial charge in [-0.25, -0.2) is 9.97 Å². The van der Waals surface area contributed by atoms with Gasteiger partial charge in [-0.1, -0.05) is 127 Å². The Morgan fingerprint density at radius 3 is 1.73 bits per heavy atom. The molecular formula is C38H24N2S. The molecule has 2 nitrogen and oxygen atoms in total. The van der Waals surface area contributed by atoms with Gasteiger partial charge in [0.1, 0.15) is 0 Å². The molecule has 2 aromatic heterocycles. The van der Waals surface area contributed by atoms with E-state index < -0.39 is 0 Å². The molecule has 0 fully saturated rings. The Balaban J connectivity index is 1.28. The first-order valence-corrected chi connectivity index (χ1v) is 14.6. The lowest BCUT2D eigenvalue weighted by Crippen LogP contribution is -1.95. The molecule has 0 N–H and O–H groups in total. The van der Waals surface area contributed by atoms with Crippen molar-refractivity contribution in [3.63, 3.8) is 0 Å².